The molecule has 3 N–H and O–H groups in total. The van der Waals surface area contributed by atoms with E-state index in [1.807, 2.05) is 24.3 Å². The fraction of sp³-hybridized carbons (Fsp3) is 0.296. The highest BCUT2D eigenvalue weighted by Crippen LogP contribution is 2.36. The molecule has 4 heterocycles. The van der Waals surface area contributed by atoms with Crippen LogP contribution in [0.2, 0.25) is 0 Å². The number of aldehydes is 1. The molecule has 0 bridgehead atoms. The minimum absolute atomic E-state index is 0.172. The van der Waals surface area contributed by atoms with Crippen molar-refractivity contribution in [3.8, 4) is 11.3 Å². The number of carbonyl (C=O) groups excluding carboxylic acids is 1. The highest BCUT2D eigenvalue weighted by atomic mass is 32.2. The van der Waals surface area contributed by atoms with Crippen LogP contribution in [0.1, 0.15) is 47.1 Å². The topological polar surface area (TPSA) is 113 Å². The van der Waals surface area contributed by atoms with Gasteiger partial charge < -0.3 is 20.7 Å². The molecule has 8 nitrogen and oxygen atoms in total. The van der Waals surface area contributed by atoms with Gasteiger partial charge in [0.25, 0.3) is 0 Å². The van der Waals surface area contributed by atoms with E-state index in [2.05, 4.69) is 33.1 Å². The summed E-state index contributed by atoms with van der Waals surface area (Å²) in [5.74, 6) is 1.09. The second kappa shape index (κ2) is 9.83. The molecule has 2 aliphatic heterocycles. The summed E-state index contributed by atoms with van der Waals surface area (Å²) >= 11 is 0. The monoisotopic (exact) mass is 503 g/mol. The number of nitrogens with zero attached hydrogens (tertiary/aromatic N) is 2. The van der Waals surface area contributed by atoms with Crippen LogP contribution < -0.4 is 16.0 Å². The first kappa shape index (κ1) is 24.1. The molecule has 36 heavy (non-hydrogen) atoms. The summed E-state index contributed by atoms with van der Waals surface area (Å²) in [5.41, 5.74) is 5.53. The maximum absolute atomic E-state index is 12.3. The van der Waals surface area contributed by atoms with Gasteiger partial charge in [-0.2, -0.15) is 0 Å². The molecule has 5 rings (SSSR count). The molecule has 1 saturated heterocycles. The van der Waals surface area contributed by atoms with Crippen molar-refractivity contribution in [1.82, 2.24) is 20.6 Å². The van der Waals surface area contributed by atoms with Crippen molar-refractivity contribution < 1.29 is 13.2 Å². The number of nitrogens with one attached hydrogen (secondary N) is 3. The fourth-order valence-corrected chi connectivity index (χ4v) is 5.89. The molecule has 1 aromatic carbocycles. The molecule has 1 unspecified atom stereocenters. The summed E-state index contributed by atoms with van der Waals surface area (Å²) in [4.78, 5) is 21.1. The van der Waals surface area contributed by atoms with Gasteiger partial charge in [-0.3, -0.25) is 4.98 Å². The van der Waals surface area contributed by atoms with E-state index >= 15 is 0 Å². The van der Waals surface area contributed by atoms with Crippen molar-refractivity contribution in [3.05, 3.63) is 71.2 Å². The van der Waals surface area contributed by atoms with E-state index in [4.69, 9.17) is 4.98 Å². The van der Waals surface area contributed by atoms with E-state index in [0.717, 1.165) is 49.0 Å². The van der Waals surface area contributed by atoms with Crippen molar-refractivity contribution in [2.45, 2.75) is 36.6 Å². The normalized spacial score (nSPS) is 17.8. The van der Waals surface area contributed by atoms with Gasteiger partial charge in [0.2, 0.25) is 0 Å². The van der Waals surface area contributed by atoms with Gasteiger partial charge in [-0.1, -0.05) is 12.1 Å². The minimum atomic E-state index is -3.45. The highest BCUT2D eigenvalue weighted by molar-refractivity contribution is 7.90. The number of carbonyl (C=O) groups is 1. The highest BCUT2D eigenvalue weighted by Gasteiger charge is 2.24. The first-order valence-corrected chi connectivity index (χ1v) is 13.9. The van der Waals surface area contributed by atoms with Gasteiger partial charge in [0.1, 0.15) is 18.1 Å². The van der Waals surface area contributed by atoms with Crippen LogP contribution in [0.25, 0.3) is 17.3 Å². The van der Waals surface area contributed by atoms with Crippen molar-refractivity contribution >= 4 is 33.7 Å². The second-order valence-corrected chi connectivity index (χ2v) is 11.3. The lowest BCUT2D eigenvalue weighted by molar-refractivity contribution is -0.109. The molecule has 0 aliphatic carbocycles. The molecule has 0 radical (unpaired) electrons. The Hall–Kier alpha value is -3.56. The zero-order chi connectivity index (χ0) is 25.3. The summed E-state index contributed by atoms with van der Waals surface area (Å²) in [6, 6.07) is 9.69. The van der Waals surface area contributed by atoms with E-state index in [9.17, 15) is 13.2 Å². The summed E-state index contributed by atoms with van der Waals surface area (Å²) in [5, 5.41) is 9.89. The average Bonchev–Trinajstić information content (AvgIpc) is 2.88. The largest absolute Gasteiger partial charge is 0.378 e. The number of pyridine rings is 2. The number of fused-ring (bicyclic) bond motifs is 1. The Kier molecular flexibility index (Phi) is 6.59. The molecule has 1 atom stereocenters. The van der Waals surface area contributed by atoms with Gasteiger partial charge in [0.15, 0.2) is 9.84 Å². The Bertz CT molecular complexity index is 1430. The molecule has 0 amide bonds. The Morgan fingerprint density at radius 1 is 1.11 bits per heavy atom. The number of hydrogen-bond acceptors (Lipinski definition) is 8. The van der Waals surface area contributed by atoms with Crippen molar-refractivity contribution in [2.75, 3.05) is 24.7 Å². The number of anilines is 2. The van der Waals surface area contributed by atoms with Crippen molar-refractivity contribution in [3.63, 3.8) is 0 Å². The van der Waals surface area contributed by atoms with Crippen LogP contribution >= 0.6 is 0 Å². The van der Waals surface area contributed by atoms with Gasteiger partial charge in [0.05, 0.1) is 10.6 Å². The van der Waals surface area contributed by atoms with Crippen LogP contribution in [0.4, 0.5) is 11.5 Å². The molecule has 2 aliphatic rings. The van der Waals surface area contributed by atoms with Gasteiger partial charge in [-0.15, -0.1) is 0 Å². The lowest BCUT2D eigenvalue weighted by Crippen LogP contribution is -2.26. The number of benzene rings is 1. The Balaban J connectivity index is 1.56. The second-order valence-electron chi connectivity index (χ2n) is 9.33. The minimum Gasteiger partial charge on any atom is -0.378 e. The Morgan fingerprint density at radius 3 is 2.56 bits per heavy atom. The molecule has 0 spiro atoms. The Morgan fingerprint density at radius 2 is 1.86 bits per heavy atom. The lowest BCUT2D eigenvalue weighted by Gasteiger charge is -2.24. The van der Waals surface area contributed by atoms with E-state index in [1.165, 1.54) is 18.0 Å². The zero-order valence-corrected chi connectivity index (χ0v) is 21.1. The van der Waals surface area contributed by atoms with Crippen LogP contribution in [-0.4, -0.2) is 44.0 Å². The van der Waals surface area contributed by atoms with E-state index < -0.39 is 15.9 Å². The first-order valence-electron chi connectivity index (χ1n) is 12.0. The summed E-state index contributed by atoms with van der Waals surface area (Å²) < 4.78 is 24.5. The SMILES string of the molecule is Cc1c(-c2cc3c(c(Nc4ccc(C5CCNCC5)cc4)n2)C(C=O)NC=C3)cncc1S(C)(=O)=O. The van der Waals surface area contributed by atoms with Gasteiger partial charge in [-0.25, -0.2) is 13.4 Å². The smallest absolute Gasteiger partial charge is 0.177 e. The Labute approximate surface area is 211 Å². The standard InChI is InChI=1S/C27H29N5O3S/c1-17-22(14-29-15-25(17)36(2,34)35)23-13-20-9-12-30-24(16-33)26(20)27(32-23)31-21-5-3-18(4-6-21)19-7-10-28-11-8-19/h3-6,9,12-16,19,24,28,30H,7-8,10-11H2,1-2H3,(H,31,32). The molecule has 1 fully saturated rings. The molecular formula is C27H29N5O3S. The van der Waals surface area contributed by atoms with E-state index in [1.54, 1.807) is 19.3 Å². The third kappa shape index (κ3) is 4.76. The van der Waals surface area contributed by atoms with Crippen LogP contribution in [0, 0.1) is 6.92 Å². The van der Waals surface area contributed by atoms with Crippen LogP contribution in [-0.2, 0) is 14.6 Å². The predicted molar refractivity (Wildman–Crippen MR) is 141 cm³/mol. The molecule has 2 aromatic heterocycles. The van der Waals surface area contributed by atoms with Crippen LogP contribution in [0.3, 0.4) is 0 Å². The molecule has 186 valence electrons. The number of aromatic nitrogens is 2. The number of hydrogen-bond donors (Lipinski definition) is 3. The quantitative estimate of drug-likeness (QED) is 0.435. The maximum Gasteiger partial charge on any atom is 0.177 e. The van der Waals surface area contributed by atoms with Gasteiger partial charge >= 0.3 is 0 Å². The lowest BCUT2D eigenvalue weighted by atomic mass is 9.90. The molecule has 3 aromatic rings. The summed E-state index contributed by atoms with van der Waals surface area (Å²) in [6.45, 7) is 3.83. The fourth-order valence-electron chi connectivity index (χ4n) is 4.97. The predicted octanol–water partition coefficient (Wildman–Crippen LogP) is 3.88. The summed E-state index contributed by atoms with van der Waals surface area (Å²) in [7, 11) is -3.45. The number of piperidine rings is 1. The third-order valence-corrected chi connectivity index (χ3v) is 8.12. The average molecular weight is 504 g/mol. The zero-order valence-electron chi connectivity index (χ0n) is 20.3. The van der Waals surface area contributed by atoms with E-state index in [-0.39, 0.29) is 4.90 Å². The molecular weight excluding hydrogens is 474 g/mol. The van der Waals surface area contributed by atoms with E-state index in [0.29, 0.717) is 28.6 Å². The summed E-state index contributed by atoms with van der Waals surface area (Å²) in [6.07, 6.45) is 10.9. The molecule has 9 heteroatoms. The van der Waals surface area contributed by atoms with Crippen LogP contribution in [0.15, 0.2) is 53.8 Å². The van der Waals surface area contributed by atoms with Gasteiger partial charge in [-0.05, 0) is 85.9 Å². The van der Waals surface area contributed by atoms with Gasteiger partial charge in [0, 0.05) is 35.5 Å². The first-order chi connectivity index (χ1) is 17.3. The number of sulfone groups is 1. The maximum atomic E-state index is 12.3. The molecule has 0 saturated carbocycles. The van der Waals surface area contributed by atoms with Crippen molar-refractivity contribution in [1.29, 1.82) is 0 Å². The number of rotatable bonds is 6. The van der Waals surface area contributed by atoms with Crippen molar-refractivity contribution in [2.24, 2.45) is 0 Å². The van der Waals surface area contributed by atoms with Crippen LogP contribution in [0.5, 0.6) is 0 Å². The third-order valence-electron chi connectivity index (χ3n) is 6.90.